The monoisotopic (exact) mass is 425 g/mol. The standard InChI is InChI=1S/C20H15B3FN5O3/c21-20(22,23)29-17-15(7-4-8-25-17)32-11-14(19(29)31)26-18(30)16-13(24)10-28(27-16)9-12-5-2-1-3-6-12/h1-8,10,14H,9,11H2,(H,26,30)/t14-/m0/s1. The number of amides is 2. The Morgan fingerprint density at radius 1 is 1.22 bits per heavy atom. The molecule has 0 saturated heterocycles. The second-order valence-electron chi connectivity index (χ2n) is 7.23. The maximum Gasteiger partial charge on any atom is 0.275 e. The highest BCUT2D eigenvalue weighted by Gasteiger charge is 2.38. The van der Waals surface area contributed by atoms with E-state index in [0.29, 0.717) is 0 Å². The summed E-state index contributed by atoms with van der Waals surface area (Å²) in [4.78, 5) is 30.7. The first-order valence-electron chi connectivity index (χ1n) is 9.60. The molecule has 0 spiro atoms. The van der Waals surface area contributed by atoms with Crippen LogP contribution in [-0.2, 0) is 11.3 Å². The molecule has 0 bridgehead atoms. The Morgan fingerprint density at radius 2 is 1.97 bits per heavy atom. The molecule has 6 radical (unpaired) electrons. The van der Waals surface area contributed by atoms with Crippen LogP contribution in [0.15, 0.2) is 54.9 Å². The molecule has 1 aromatic carbocycles. The van der Waals surface area contributed by atoms with Gasteiger partial charge in [0, 0.05) is 6.20 Å². The van der Waals surface area contributed by atoms with E-state index in [2.05, 4.69) is 15.4 Å². The van der Waals surface area contributed by atoms with Crippen LogP contribution in [0.4, 0.5) is 10.2 Å². The van der Waals surface area contributed by atoms with Gasteiger partial charge in [-0.2, -0.15) is 5.10 Å². The predicted octanol–water partition coefficient (Wildman–Crippen LogP) is 0.106. The summed E-state index contributed by atoms with van der Waals surface area (Å²) in [5.74, 6) is -2.33. The molecule has 154 valence electrons. The molecule has 1 aliphatic rings. The molecule has 0 aliphatic carbocycles. The fourth-order valence-electron chi connectivity index (χ4n) is 3.27. The quantitative estimate of drug-likeness (QED) is 0.587. The molecule has 1 aliphatic heterocycles. The van der Waals surface area contributed by atoms with Crippen LogP contribution in [0.1, 0.15) is 16.1 Å². The van der Waals surface area contributed by atoms with Gasteiger partial charge in [0.1, 0.15) is 12.6 Å². The van der Waals surface area contributed by atoms with E-state index in [1.807, 2.05) is 30.3 Å². The van der Waals surface area contributed by atoms with Crippen molar-refractivity contribution in [2.24, 2.45) is 0 Å². The summed E-state index contributed by atoms with van der Waals surface area (Å²) in [6, 6.07) is 11.1. The molecule has 3 aromatic rings. The maximum absolute atomic E-state index is 14.4. The lowest BCUT2D eigenvalue weighted by Crippen LogP contribution is -2.60. The number of anilines is 1. The molecule has 0 fully saturated rings. The average molecular weight is 425 g/mol. The van der Waals surface area contributed by atoms with Crippen molar-refractivity contribution in [3.8, 4) is 5.75 Å². The van der Waals surface area contributed by atoms with Crippen molar-refractivity contribution in [3.05, 3.63) is 71.9 Å². The highest BCUT2D eigenvalue weighted by Crippen LogP contribution is 2.31. The maximum atomic E-state index is 14.4. The number of aromatic nitrogens is 3. The van der Waals surface area contributed by atoms with Crippen molar-refractivity contribution in [3.63, 3.8) is 0 Å². The molecular formula is C20H15B3FN5O3. The zero-order chi connectivity index (χ0) is 22.9. The van der Waals surface area contributed by atoms with Gasteiger partial charge < -0.3 is 15.0 Å². The van der Waals surface area contributed by atoms with Crippen LogP contribution in [0.25, 0.3) is 0 Å². The van der Waals surface area contributed by atoms with Crippen LogP contribution in [-0.4, -0.2) is 68.0 Å². The Labute approximate surface area is 187 Å². The number of hydrogen-bond donors (Lipinski definition) is 1. The van der Waals surface area contributed by atoms with Crippen LogP contribution in [0, 0.1) is 5.82 Å². The molecule has 4 rings (SSSR count). The molecule has 2 aromatic heterocycles. The van der Waals surface area contributed by atoms with E-state index in [1.165, 1.54) is 10.9 Å². The molecule has 0 saturated carbocycles. The van der Waals surface area contributed by atoms with Gasteiger partial charge in [0.2, 0.25) is 0 Å². The van der Waals surface area contributed by atoms with E-state index < -0.39 is 34.6 Å². The third-order valence-corrected chi connectivity index (χ3v) is 4.70. The van der Waals surface area contributed by atoms with Gasteiger partial charge in [0.05, 0.1) is 36.3 Å². The van der Waals surface area contributed by atoms with Gasteiger partial charge in [-0.1, -0.05) is 35.6 Å². The summed E-state index contributed by atoms with van der Waals surface area (Å²) < 4.78 is 21.3. The lowest BCUT2D eigenvalue weighted by molar-refractivity contribution is -0.120. The third kappa shape index (κ3) is 4.39. The van der Waals surface area contributed by atoms with Crippen molar-refractivity contribution in [1.82, 2.24) is 20.1 Å². The number of halogens is 1. The highest BCUT2D eigenvalue weighted by molar-refractivity contribution is 6.62. The lowest BCUT2D eigenvalue weighted by atomic mass is 9.48. The lowest BCUT2D eigenvalue weighted by Gasteiger charge is -2.37. The first-order valence-corrected chi connectivity index (χ1v) is 9.60. The highest BCUT2D eigenvalue weighted by atomic mass is 19.1. The van der Waals surface area contributed by atoms with E-state index in [-0.39, 0.29) is 24.7 Å². The zero-order valence-corrected chi connectivity index (χ0v) is 16.8. The Kier molecular flexibility index (Phi) is 5.77. The Balaban J connectivity index is 1.55. The number of carbonyl (C=O) groups excluding carboxylic acids is 2. The Hall–Kier alpha value is -3.56. The van der Waals surface area contributed by atoms with Crippen molar-refractivity contribution in [1.29, 1.82) is 0 Å². The topological polar surface area (TPSA) is 89.4 Å². The van der Waals surface area contributed by atoms with E-state index >= 15 is 0 Å². The van der Waals surface area contributed by atoms with Gasteiger partial charge in [-0.15, -0.1) is 0 Å². The number of hydrogen-bond acceptors (Lipinski definition) is 5. The number of pyridine rings is 1. The first kappa shape index (κ1) is 21.7. The minimum atomic E-state index is -2.13. The summed E-state index contributed by atoms with van der Waals surface area (Å²) in [5, 5.41) is 4.29. The molecule has 32 heavy (non-hydrogen) atoms. The number of fused-ring (bicyclic) bond motifs is 1. The van der Waals surface area contributed by atoms with Gasteiger partial charge in [-0.05, 0) is 17.7 Å². The second kappa shape index (κ2) is 8.53. The second-order valence-corrected chi connectivity index (χ2v) is 7.23. The normalized spacial score (nSPS) is 16.1. The van der Waals surface area contributed by atoms with Crippen LogP contribution >= 0.6 is 0 Å². The van der Waals surface area contributed by atoms with Crippen LogP contribution in [0.2, 0.25) is 0 Å². The van der Waals surface area contributed by atoms with E-state index in [0.717, 1.165) is 16.7 Å². The van der Waals surface area contributed by atoms with E-state index in [9.17, 15) is 14.0 Å². The third-order valence-electron chi connectivity index (χ3n) is 4.70. The summed E-state index contributed by atoms with van der Waals surface area (Å²) >= 11 is 0. The first-order chi connectivity index (χ1) is 15.2. The fraction of sp³-hybridized carbons (Fsp3) is 0.200. The van der Waals surface area contributed by atoms with Gasteiger partial charge >= 0.3 is 0 Å². The predicted molar refractivity (Wildman–Crippen MR) is 116 cm³/mol. The van der Waals surface area contributed by atoms with Crippen LogP contribution in [0.3, 0.4) is 0 Å². The number of nitrogens with one attached hydrogen (secondary N) is 1. The summed E-state index contributed by atoms with van der Waals surface area (Å²) in [6.07, 6.45) is 2.51. The smallest absolute Gasteiger partial charge is 0.275 e. The number of nitrogens with zero attached hydrogens (tertiary/aromatic N) is 4. The van der Waals surface area contributed by atoms with Gasteiger partial charge in [0.25, 0.3) is 11.8 Å². The van der Waals surface area contributed by atoms with Crippen molar-refractivity contribution >= 4 is 41.2 Å². The molecule has 8 nitrogen and oxygen atoms in total. The van der Waals surface area contributed by atoms with Gasteiger partial charge in [-0.3, -0.25) is 14.3 Å². The summed E-state index contributed by atoms with van der Waals surface area (Å²) in [5.41, 5.74) is 0.403. The van der Waals surface area contributed by atoms with Crippen LogP contribution in [0.5, 0.6) is 5.75 Å². The van der Waals surface area contributed by atoms with Gasteiger partial charge in [0.15, 0.2) is 23.1 Å². The zero-order valence-electron chi connectivity index (χ0n) is 16.8. The van der Waals surface area contributed by atoms with E-state index in [1.54, 1.807) is 12.1 Å². The molecule has 2 amide bonds. The van der Waals surface area contributed by atoms with Crippen molar-refractivity contribution < 1.29 is 18.7 Å². The molecule has 1 atom stereocenters. The molecule has 1 N–H and O–H groups in total. The fourth-order valence-corrected chi connectivity index (χ4v) is 3.27. The number of ether oxygens (including phenoxy) is 1. The molecule has 3 heterocycles. The molecule has 0 unspecified atom stereocenters. The number of carbonyl (C=O) groups is 2. The number of rotatable bonds is 5. The van der Waals surface area contributed by atoms with Crippen LogP contribution < -0.4 is 15.0 Å². The minimum absolute atomic E-state index is 0.0000635. The minimum Gasteiger partial charge on any atom is -0.487 e. The SMILES string of the molecule is [B]C([B])([B])N1C(=O)[C@@H](NC(=O)c2nn(Cc3ccccc3)cc2F)COc2cccnc21. The average Bonchev–Trinajstić information content (AvgIpc) is 3.04. The molecule has 12 heteroatoms. The number of benzene rings is 1. The Bertz CT molecular complexity index is 1150. The van der Waals surface area contributed by atoms with Crippen molar-refractivity contribution in [2.75, 3.05) is 11.5 Å². The summed E-state index contributed by atoms with van der Waals surface area (Å²) in [7, 11) is 17.3. The Morgan fingerprint density at radius 3 is 2.69 bits per heavy atom. The van der Waals surface area contributed by atoms with E-state index in [4.69, 9.17) is 28.3 Å². The summed E-state index contributed by atoms with van der Waals surface area (Å²) in [6.45, 7) is -0.0104. The largest absolute Gasteiger partial charge is 0.487 e. The molecular weight excluding hydrogens is 410 g/mol. The van der Waals surface area contributed by atoms with Crippen molar-refractivity contribution in [2.45, 2.75) is 17.8 Å². The van der Waals surface area contributed by atoms with Gasteiger partial charge in [-0.25, -0.2) is 9.37 Å².